The second-order valence-electron chi connectivity index (χ2n) is 9.64. The van der Waals surface area contributed by atoms with Crippen molar-refractivity contribution in [2.45, 2.75) is 62.4 Å². The third-order valence-electron chi connectivity index (χ3n) is 7.52. The van der Waals surface area contributed by atoms with E-state index in [1.807, 2.05) is 18.2 Å². The number of carbonyl (C=O) groups excluding carboxylic acids is 2. The maximum Gasteiger partial charge on any atom is 0.339 e. The smallest absolute Gasteiger partial charge is 0.339 e. The van der Waals surface area contributed by atoms with Gasteiger partial charge in [-0.3, -0.25) is 4.79 Å². The molecule has 5 aliphatic rings. The molecule has 0 aromatic heterocycles. The third-order valence-corrected chi connectivity index (χ3v) is 8.73. The second-order valence-corrected chi connectivity index (χ2v) is 10.7. The monoisotopic (exact) mass is 414 g/mol. The Kier molecular flexibility index (Phi) is 5.46. The highest BCUT2D eigenvalue weighted by Gasteiger charge is 2.54. The molecule has 0 amide bonds. The largest absolute Gasteiger partial charge is 0.454 e. The van der Waals surface area contributed by atoms with Gasteiger partial charge in [0.05, 0.1) is 11.7 Å². The minimum Gasteiger partial charge on any atom is -0.454 e. The molecule has 0 N–H and O–H groups in total. The van der Waals surface area contributed by atoms with Gasteiger partial charge in [0.2, 0.25) is 0 Å². The summed E-state index contributed by atoms with van der Waals surface area (Å²) in [6.07, 6.45) is 9.43. The van der Waals surface area contributed by atoms with E-state index >= 15 is 0 Å². The minimum absolute atomic E-state index is 0.0737. The number of ether oxygens (including phenoxy) is 2. The third kappa shape index (κ3) is 4.00. The second kappa shape index (κ2) is 8.07. The van der Waals surface area contributed by atoms with E-state index in [0.29, 0.717) is 5.56 Å². The lowest BCUT2D eigenvalue weighted by molar-refractivity contribution is -0.147. The molecule has 4 bridgehead atoms. The molecule has 1 atom stereocenters. The van der Waals surface area contributed by atoms with E-state index < -0.39 is 0 Å². The summed E-state index contributed by atoms with van der Waals surface area (Å²) in [6.45, 7) is 0.761. The first-order valence-corrected chi connectivity index (χ1v) is 12.1. The first-order chi connectivity index (χ1) is 14.1. The van der Waals surface area contributed by atoms with Crippen molar-refractivity contribution in [3.63, 3.8) is 0 Å². The summed E-state index contributed by atoms with van der Waals surface area (Å²) in [5, 5.41) is 0. The van der Waals surface area contributed by atoms with Gasteiger partial charge >= 0.3 is 5.97 Å². The Labute approximate surface area is 177 Å². The van der Waals surface area contributed by atoms with Gasteiger partial charge in [0.1, 0.15) is 0 Å². The normalized spacial score (nSPS) is 35.0. The van der Waals surface area contributed by atoms with E-state index in [4.69, 9.17) is 9.47 Å². The van der Waals surface area contributed by atoms with E-state index in [2.05, 4.69) is 0 Å². The molecule has 1 aliphatic heterocycles. The fraction of sp³-hybridized carbons (Fsp3) is 0.667. The van der Waals surface area contributed by atoms with Gasteiger partial charge < -0.3 is 9.47 Å². The molecule has 5 heteroatoms. The molecular weight excluding hydrogens is 384 g/mol. The molecule has 0 unspecified atom stereocenters. The minimum atomic E-state index is -0.376. The van der Waals surface area contributed by atoms with Crippen molar-refractivity contribution < 1.29 is 19.1 Å². The molecule has 0 spiro atoms. The topological polar surface area (TPSA) is 52.6 Å². The van der Waals surface area contributed by atoms with Gasteiger partial charge in [0.25, 0.3) is 0 Å². The van der Waals surface area contributed by atoms with Crippen LogP contribution >= 0.6 is 11.8 Å². The molecule has 1 aromatic rings. The van der Waals surface area contributed by atoms with Crippen LogP contribution in [-0.4, -0.2) is 36.8 Å². The van der Waals surface area contributed by atoms with Crippen LogP contribution in [0.5, 0.6) is 0 Å². The standard InChI is InChI=1S/C24H30O4S/c25-22(24-11-16-8-17(12-24)10-18(9-16)13-24)14-28-23(26)20-5-1-2-6-21(20)29-15-19-4-3-7-27-19/h1-2,5-6,16-19H,3-4,7-15H2/t16?,17?,18?,19-,24?/m0/s1. The molecule has 4 aliphatic carbocycles. The molecule has 1 heterocycles. The Morgan fingerprint density at radius 1 is 1.07 bits per heavy atom. The first-order valence-electron chi connectivity index (χ1n) is 11.2. The lowest BCUT2D eigenvalue weighted by Gasteiger charge is -2.55. The molecule has 29 heavy (non-hydrogen) atoms. The summed E-state index contributed by atoms with van der Waals surface area (Å²) >= 11 is 1.64. The average Bonchev–Trinajstić information content (AvgIpc) is 3.23. The highest BCUT2D eigenvalue weighted by molar-refractivity contribution is 7.99. The molecule has 156 valence electrons. The number of carbonyl (C=O) groups is 2. The zero-order valence-electron chi connectivity index (χ0n) is 16.9. The zero-order chi connectivity index (χ0) is 19.8. The molecule has 4 nitrogen and oxygen atoms in total. The van der Waals surface area contributed by atoms with Crippen LogP contribution in [0.3, 0.4) is 0 Å². The summed E-state index contributed by atoms with van der Waals surface area (Å²) in [4.78, 5) is 26.8. The SMILES string of the molecule is O=C(OCC(=O)C12CC3CC(CC(C3)C1)C2)c1ccccc1SC[C@@H]1CCCO1. The summed E-state index contributed by atoms with van der Waals surface area (Å²) in [5.74, 6) is 2.78. The Hall–Kier alpha value is -1.33. The van der Waals surface area contributed by atoms with Crippen LogP contribution in [0, 0.1) is 23.2 Å². The van der Waals surface area contributed by atoms with Crippen LogP contribution in [0.1, 0.15) is 61.7 Å². The lowest BCUT2D eigenvalue weighted by atomic mass is 9.48. The van der Waals surface area contributed by atoms with E-state index in [9.17, 15) is 9.59 Å². The quantitative estimate of drug-likeness (QED) is 0.469. The van der Waals surface area contributed by atoms with Crippen molar-refractivity contribution in [1.82, 2.24) is 0 Å². The van der Waals surface area contributed by atoms with Crippen LogP contribution in [0.2, 0.25) is 0 Å². The van der Waals surface area contributed by atoms with Gasteiger partial charge in [-0.05, 0) is 81.3 Å². The number of esters is 1. The summed E-state index contributed by atoms with van der Waals surface area (Å²) in [7, 11) is 0. The highest BCUT2D eigenvalue weighted by atomic mass is 32.2. The van der Waals surface area contributed by atoms with Crippen LogP contribution < -0.4 is 0 Å². The molecule has 0 radical (unpaired) electrons. The molecule has 6 rings (SSSR count). The van der Waals surface area contributed by atoms with Crippen LogP contribution in [0.25, 0.3) is 0 Å². The summed E-state index contributed by atoms with van der Waals surface area (Å²) in [5.41, 5.74) is 0.358. The predicted octanol–water partition coefficient (Wildman–Crippen LogP) is 4.90. The van der Waals surface area contributed by atoms with E-state index in [1.165, 1.54) is 19.3 Å². The Morgan fingerprint density at radius 3 is 2.41 bits per heavy atom. The zero-order valence-corrected chi connectivity index (χ0v) is 17.8. The number of hydrogen-bond acceptors (Lipinski definition) is 5. The van der Waals surface area contributed by atoms with Crippen LogP contribution in [0.15, 0.2) is 29.2 Å². The van der Waals surface area contributed by atoms with Gasteiger partial charge in [-0.25, -0.2) is 4.79 Å². The number of benzene rings is 1. The number of ketones is 1. The number of Topliss-reactive ketones (excluding diaryl/α,β-unsaturated/α-hetero) is 1. The fourth-order valence-corrected chi connectivity index (χ4v) is 7.64. The molecule has 1 saturated heterocycles. The van der Waals surface area contributed by atoms with Gasteiger partial charge in [-0.1, -0.05) is 12.1 Å². The van der Waals surface area contributed by atoms with Gasteiger partial charge in [-0.2, -0.15) is 0 Å². The number of rotatable bonds is 7. The van der Waals surface area contributed by atoms with E-state index in [1.54, 1.807) is 17.8 Å². The lowest BCUT2D eigenvalue weighted by Crippen LogP contribution is -2.51. The van der Waals surface area contributed by atoms with Gasteiger partial charge in [0.15, 0.2) is 12.4 Å². The summed E-state index contributed by atoms with van der Waals surface area (Å²) < 4.78 is 11.2. The summed E-state index contributed by atoms with van der Waals surface area (Å²) in [6, 6.07) is 7.55. The molecular formula is C24H30O4S. The Morgan fingerprint density at radius 2 is 1.76 bits per heavy atom. The van der Waals surface area contributed by atoms with Crippen LogP contribution in [0.4, 0.5) is 0 Å². The van der Waals surface area contributed by atoms with E-state index in [-0.39, 0.29) is 29.9 Å². The predicted molar refractivity (Wildman–Crippen MR) is 112 cm³/mol. The van der Waals surface area contributed by atoms with Crippen molar-refractivity contribution in [1.29, 1.82) is 0 Å². The maximum atomic E-state index is 13.1. The molecule has 1 aromatic carbocycles. The van der Waals surface area contributed by atoms with Crippen LogP contribution in [-0.2, 0) is 14.3 Å². The fourth-order valence-electron chi connectivity index (χ4n) is 6.53. The van der Waals surface area contributed by atoms with E-state index in [0.717, 1.165) is 67.1 Å². The number of thioether (sulfide) groups is 1. The van der Waals surface area contributed by atoms with Gasteiger partial charge in [0, 0.05) is 22.7 Å². The van der Waals surface area contributed by atoms with Gasteiger partial charge in [-0.15, -0.1) is 11.8 Å². The maximum absolute atomic E-state index is 13.1. The van der Waals surface area contributed by atoms with Crippen molar-refractivity contribution in [2.24, 2.45) is 23.2 Å². The molecule has 5 fully saturated rings. The number of hydrogen-bond donors (Lipinski definition) is 0. The highest BCUT2D eigenvalue weighted by Crippen LogP contribution is 2.60. The first kappa shape index (κ1) is 19.6. The Bertz CT molecular complexity index is 748. The van der Waals surface area contributed by atoms with Crippen molar-refractivity contribution in [3.05, 3.63) is 29.8 Å². The average molecular weight is 415 g/mol. The molecule has 4 saturated carbocycles. The van der Waals surface area contributed by atoms with Crippen molar-refractivity contribution in [2.75, 3.05) is 19.0 Å². The van der Waals surface area contributed by atoms with Crippen molar-refractivity contribution >= 4 is 23.5 Å². The van der Waals surface area contributed by atoms with Crippen molar-refractivity contribution in [3.8, 4) is 0 Å². The Balaban J connectivity index is 1.20.